The van der Waals surface area contributed by atoms with Gasteiger partial charge in [-0.15, -0.1) is 0 Å². The van der Waals surface area contributed by atoms with Crippen molar-refractivity contribution in [3.63, 3.8) is 0 Å². The van der Waals surface area contributed by atoms with Gasteiger partial charge < -0.3 is 25.2 Å². The van der Waals surface area contributed by atoms with Gasteiger partial charge in [-0.1, -0.05) is 34.1 Å². The minimum atomic E-state index is -1.08. The summed E-state index contributed by atoms with van der Waals surface area (Å²) in [6.07, 6.45) is -0.830. The zero-order valence-corrected chi connectivity index (χ0v) is 19.2. The van der Waals surface area contributed by atoms with E-state index in [2.05, 4.69) is 10.6 Å². The first-order chi connectivity index (χ1) is 13.3. The van der Waals surface area contributed by atoms with Crippen LogP contribution in [0.2, 0.25) is 0 Å². The van der Waals surface area contributed by atoms with Gasteiger partial charge >= 0.3 is 12.1 Å². The van der Waals surface area contributed by atoms with Crippen LogP contribution >= 0.6 is 0 Å². The molecule has 170 valence electrons. The van der Waals surface area contributed by atoms with Crippen molar-refractivity contribution < 1.29 is 29.0 Å². The second-order valence-electron chi connectivity index (χ2n) is 8.83. The number of hydrogen-bond donors (Lipinski definition) is 3. The maximum absolute atomic E-state index is 12.9. The van der Waals surface area contributed by atoms with Crippen molar-refractivity contribution in [2.75, 3.05) is 6.61 Å². The molecule has 29 heavy (non-hydrogen) atoms. The Kier molecular flexibility index (Phi) is 11.9. The van der Waals surface area contributed by atoms with Crippen LogP contribution in [0.3, 0.4) is 0 Å². The second-order valence-corrected chi connectivity index (χ2v) is 8.83. The van der Waals surface area contributed by atoms with Crippen molar-refractivity contribution in [2.45, 2.75) is 98.4 Å². The molecule has 8 nitrogen and oxygen atoms in total. The monoisotopic (exact) mass is 416 g/mol. The second kappa shape index (κ2) is 12.7. The summed E-state index contributed by atoms with van der Waals surface area (Å²) >= 11 is 0. The van der Waals surface area contributed by atoms with Crippen molar-refractivity contribution in [2.24, 2.45) is 11.8 Å². The van der Waals surface area contributed by atoms with Crippen molar-refractivity contribution in [1.29, 1.82) is 0 Å². The summed E-state index contributed by atoms with van der Waals surface area (Å²) in [7, 11) is 0. The van der Waals surface area contributed by atoms with E-state index in [1.54, 1.807) is 27.7 Å². The number of aliphatic hydroxyl groups is 1. The molecule has 2 amide bonds. The van der Waals surface area contributed by atoms with Crippen LogP contribution in [-0.2, 0) is 19.1 Å². The molecule has 0 aromatic heterocycles. The fraction of sp³-hybridized carbons (Fsp3) is 0.857. The van der Waals surface area contributed by atoms with Crippen molar-refractivity contribution >= 4 is 18.0 Å². The number of esters is 1. The molecule has 0 aromatic carbocycles. The van der Waals surface area contributed by atoms with E-state index in [1.165, 1.54) is 0 Å². The molecule has 0 spiro atoms. The maximum atomic E-state index is 12.9. The fourth-order valence-electron chi connectivity index (χ4n) is 2.76. The van der Waals surface area contributed by atoms with Gasteiger partial charge in [0.2, 0.25) is 5.91 Å². The molecule has 0 heterocycles. The van der Waals surface area contributed by atoms with Gasteiger partial charge in [0.05, 0.1) is 25.2 Å². The van der Waals surface area contributed by atoms with Crippen LogP contribution in [-0.4, -0.2) is 53.5 Å². The highest BCUT2D eigenvalue weighted by molar-refractivity contribution is 5.86. The summed E-state index contributed by atoms with van der Waals surface area (Å²) in [5.74, 6) is -0.908. The van der Waals surface area contributed by atoms with Gasteiger partial charge in [-0.05, 0) is 46.0 Å². The highest BCUT2D eigenvalue weighted by Crippen LogP contribution is 2.15. The molecule has 0 aromatic rings. The van der Waals surface area contributed by atoms with Gasteiger partial charge in [-0.3, -0.25) is 9.59 Å². The van der Waals surface area contributed by atoms with Crippen LogP contribution in [0, 0.1) is 11.8 Å². The van der Waals surface area contributed by atoms with E-state index in [4.69, 9.17) is 9.47 Å². The molecule has 0 aliphatic carbocycles. The summed E-state index contributed by atoms with van der Waals surface area (Å²) in [4.78, 5) is 36.9. The Morgan fingerprint density at radius 3 is 2.07 bits per heavy atom. The first-order valence-electron chi connectivity index (χ1n) is 10.4. The molecule has 0 aliphatic heterocycles. The van der Waals surface area contributed by atoms with E-state index in [0.717, 1.165) is 0 Å². The largest absolute Gasteiger partial charge is 0.466 e. The number of hydrogen-bond acceptors (Lipinski definition) is 6. The molecule has 0 bridgehead atoms. The topological polar surface area (TPSA) is 114 Å². The lowest BCUT2D eigenvalue weighted by Gasteiger charge is -2.30. The molecule has 1 unspecified atom stereocenters. The predicted molar refractivity (Wildman–Crippen MR) is 111 cm³/mol. The van der Waals surface area contributed by atoms with Crippen molar-refractivity contribution in [1.82, 2.24) is 10.6 Å². The van der Waals surface area contributed by atoms with E-state index in [9.17, 15) is 19.5 Å². The normalized spacial score (nSPS) is 15.8. The number of ether oxygens (including phenoxy) is 2. The Morgan fingerprint density at radius 2 is 1.62 bits per heavy atom. The standard InChI is InChI=1S/C21H40N2O6/c1-9-14(5)18(23-20(27)29-21(6,7)8)19(26)22-15(11-13(3)4)16(24)12-17(25)28-10-2/h13-16,18,24H,9-12H2,1-8H3,(H,22,26)(H,23,27)/t14?,15-,16-,18-/m0/s1. The van der Waals surface area contributed by atoms with E-state index in [-0.39, 0.29) is 24.9 Å². The molecule has 0 saturated heterocycles. The zero-order valence-electron chi connectivity index (χ0n) is 19.2. The van der Waals surface area contributed by atoms with Gasteiger partial charge in [0.25, 0.3) is 0 Å². The molecule has 0 radical (unpaired) electrons. The Hall–Kier alpha value is -1.83. The third kappa shape index (κ3) is 11.7. The Balaban J connectivity index is 5.29. The smallest absolute Gasteiger partial charge is 0.408 e. The van der Waals surface area contributed by atoms with Crippen LogP contribution in [0.4, 0.5) is 4.79 Å². The summed E-state index contributed by atoms with van der Waals surface area (Å²) < 4.78 is 10.2. The molecular weight excluding hydrogens is 376 g/mol. The van der Waals surface area contributed by atoms with Gasteiger partial charge in [0, 0.05) is 0 Å². The molecule has 4 atom stereocenters. The number of rotatable bonds is 11. The average Bonchev–Trinajstić information content (AvgIpc) is 2.56. The van der Waals surface area contributed by atoms with Crippen molar-refractivity contribution in [3.8, 4) is 0 Å². The van der Waals surface area contributed by atoms with E-state index >= 15 is 0 Å². The summed E-state index contributed by atoms with van der Waals surface area (Å²) in [6, 6.07) is -1.46. The van der Waals surface area contributed by atoms with E-state index < -0.39 is 41.8 Å². The summed E-state index contributed by atoms with van der Waals surface area (Å²) in [5, 5.41) is 15.9. The number of carbonyl (C=O) groups excluding carboxylic acids is 3. The third-order valence-electron chi connectivity index (χ3n) is 4.37. The van der Waals surface area contributed by atoms with Crippen molar-refractivity contribution in [3.05, 3.63) is 0 Å². The average molecular weight is 417 g/mol. The quantitative estimate of drug-likeness (QED) is 0.446. The summed E-state index contributed by atoms with van der Waals surface area (Å²) in [6.45, 7) is 14.8. The van der Waals surface area contributed by atoms with Gasteiger partial charge in [0.15, 0.2) is 0 Å². The van der Waals surface area contributed by atoms with Gasteiger partial charge in [-0.25, -0.2) is 4.79 Å². The van der Waals surface area contributed by atoms with Crippen LogP contribution in [0.1, 0.15) is 74.7 Å². The fourth-order valence-corrected chi connectivity index (χ4v) is 2.76. The Labute approximate surface area is 175 Å². The molecule has 8 heteroatoms. The minimum Gasteiger partial charge on any atom is -0.466 e. The first-order valence-corrected chi connectivity index (χ1v) is 10.4. The SMILES string of the molecule is CCOC(=O)C[C@H](O)[C@H](CC(C)C)NC(=O)[C@@H](NC(=O)OC(C)(C)C)C(C)CC. The number of carbonyl (C=O) groups is 3. The lowest BCUT2D eigenvalue weighted by atomic mass is 9.94. The van der Waals surface area contributed by atoms with Crippen LogP contribution in [0.15, 0.2) is 0 Å². The third-order valence-corrected chi connectivity index (χ3v) is 4.37. The highest BCUT2D eigenvalue weighted by atomic mass is 16.6. The van der Waals surface area contributed by atoms with Crippen LogP contribution < -0.4 is 10.6 Å². The van der Waals surface area contributed by atoms with Crippen LogP contribution in [0.25, 0.3) is 0 Å². The highest BCUT2D eigenvalue weighted by Gasteiger charge is 2.32. The minimum absolute atomic E-state index is 0.149. The molecular formula is C21H40N2O6. The lowest BCUT2D eigenvalue weighted by Crippen LogP contribution is -2.55. The Bertz CT molecular complexity index is 530. The number of alkyl carbamates (subject to hydrolysis) is 1. The molecule has 0 fully saturated rings. The zero-order chi connectivity index (χ0) is 22.8. The van der Waals surface area contributed by atoms with E-state index in [0.29, 0.717) is 12.8 Å². The number of amides is 2. The maximum Gasteiger partial charge on any atom is 0.408 e. The molecule has 0 saturated carbocycles. The molecule has 0 rings (SSSR count). The molecule has 3 N–H and O–H groups in total. The predicted octanol–water partition coefficient (Wildman–Crippen LogP) is 2.77. The number of nitrogens with one attached hydrogen (secondary N) is 2. The Morgan fingerprint density at radius 1 is 1.03 bits per heavy atom. The lowest BCUT2D eigenvalue weighted by molar-refractivity contribution is -0.146. The first kappa shape index (κ1) is 27.2. The summed E-state index contributed by atoms with van der Waals surface area (Å²) in [5.41, 5.74) is -0.684. The van der Waals surface area contributed by atoms with Gasteiger partial charge in [-0.2, -0.15) is 0 Å². The van der Waals surface area contributed by atoms with Gasteiger partial charge in [0.1, 0.15) is 11.6 Å². The molecule has 0 aliphatic rings. The number of aliphatic hydroxyl groups excluding tert-OH is 1. The van der Waals surface area contributed by atoms with Crippen LogP contribution in [0.5, 0.6) is 0 Å². The van der Waals surface area contributed by atoms with E-state index in [1.807, 2.05) is 27.7 Å².